The summed E-state index contributed by atoms with van der Waals surface area (Å²) in [5.74, 6) is -1.14. The third-order valence-electron chi connectivity index (χ3n) is 4.08. The molecule has 0 saturated heterocycles. The van der Waals surface area contributed by atoms with Gasteiger partial charge in [0.1, 0.15) is 6.04 Å². The van der Waals surface area contributed by atoms with E-state index in [0.29, 0.717) is 18.0 Å². The van der Waals surface area contributed by atoms with Crippen LogP contribution in [0.15, 0.2) is 24.3 Å². The number of nitrogens with two attached hydrogens (primary N) is 2. The second-order valence-corrected chi connectivity index (χ2v) is 7.18. The lowest BCUT2D eigenvalue weighted by Crippen LogP contribution is -2.50. The van der Waals surface area contributed by atoms with E-state index in [2.05, 4.69) is 16.0 Å². The Morgan fingerprint density at radius 3 is 2.20 bits per heavy atom. The van der Waals surface area contributed by atoms with E-state index in [-0.39, 0.29) is 18.9 Å². The molecule has 166 valence electrons. The van der Waals surface area contributed by atoms with Gasteiger partial charge in [0, 0.05) is 18.1 Å². The van der Waals surface area contributed by atoms with E-state index in [1.807, 2.05) is 0 Å². The van der Waals surface area contributed by atoms with E-state index in [1.165, 1.54) is 0 Å². The number of primary amides is 2. The van der Waals surface area contributed by atoms with E-state index in [1.54, 1.807) is 38.1 Å². The Morgan fingerprint density at radius 1 is 1.07 bits per heavy atom. The maximum absolute atomic E-state index is 12.7. The molecule has 0 aromatic heterocycles. The number of carbonyl (C=O) groups excluding carboxylic acids is 4. The Morgan fingerprint density at radius 2 is 1.70 bits per heavy atom. The van der Waals surface area contributed by atoms with Crippen molar-refractivity contribution < 1.29 is 23.9 Å². The van der Waals surface area contributed by atoms with E-state index in [0.717, 1.165) is 5.56 Å². The molecule has 0 bridgehead atoms. The van der Waals surface area contributed by atoms with Crippen molar-refractivity contribution >= 4 is 41.2 Å². The van der Waals surface area contributed by atoms with Gasteiger partial charge in [-0.2, -0.15) is 0 Å². The molecule has 2 atom stereocenters. The monoisotopic (exact) mass is 441 g/mol. The molecule has 10 nitrogen and oxygen atoms in total. The van der Waals surface area contributed by atoms with Gasteiger partial charge in [-0.05, 0) is 36.5 Å². The molecule has 0 fully saturated rings. The van der Waals surface area contributed by atoms with Gasteiger partial charge < -0.3 is 32.2 Å². The predicted molar refractivity (Wildman–Crippen MR) is 113 cm³/mol. The van der Waals surface area contributed by atoms with Gasteiger partial charge in [0.25, 0.3) is 5.91 Å². The molecule has 1 rings (SSSR count). The normalized spacial score (nSPS) is 12.5. The number of alkyl halides is 1. The summed E-state index contributed by atoms with van der Waals surface area (Å²) in [5.41, 5.74) is 11.5. The minimum absolute atomic E-state index is 0.207. The van der Waals surface area contributed by atoms with Crippen molar-refractivity contribution in [1.29, 1.82) is 0 Å². The van der Waals surface area contributed by atoms with E-state index < -0.39 is 36.1 Å². The van der Waals surface area contributed by atoms with Crippen LogP contribution in [0.2, 0.25) is 0 Å². The number of carbonyl (C=O) groups is 4. The zero-order valence-corrected chi connectivity index (χ0v) is 17.7. The highest BCUT2D eigenvalue weighted by atomic mass is 35.5. The van der Waals surface area contributed by atoms with Gasteiger partial charge in [-0.15, -0.1) is 11.6 Å². The fourth-order valence-corrected chi connectivity index (χ4v) is 2.74. The Labute approximate surface area is 180 Å². The fourth-order valence-electron chi connectivity index (χ4n) is 2.56. The molecule has 1 aromatic rings. The lowest BCUT2D eigenvalue weighted by Gasteiger charge is -2.24. The molecule has 0 saturated carbocycles. The molecule has 11 heteroatoms. The van der Waals surface area contributed by atoms with Gasteiger partial charge in [0.2, 0.25) is 5.91 Å². The second-order valence-electron chi connectivity index (χ2n) is 6.92. The van der Waals surface area contributed by atoms with Crippen molar-refractivity contribution in [3.8, 4) is 0 Å². The van der Waals surface area contributed by atoms with Crippen LogP contribution >= 0.6 is 11.6 Å². The van der Waals surface area contributed by atoms with Crippen LogP contribution in [0.5, 0.6) is 0 Å². The molecule has 0 aliphatic carbocycles. The van der Waals surface area contributed by atoms with Crippen LogP contribution in [-0.2, 0) is 20.2 Å². The van der Waals surface area contributed by atoms with Gasteiger partial charge in [0.05, 0.1) is 0 Å². The molecular formula is C19H28ClN5O5. The Hall–Kier alpha value is -3.01. The summed E-state index contributed by atoms with van der Waals surface area (Å²) < 4.78 is 4.86. The number of ether oxygens (including phenoxy) is 1. The highest BCUT2D eigenvalue weighted by molar-refractivity contribution is 6.17. The standard InChI is InChI=1S/C19H28ClN5O5/c1-11(2)15(30-19(22)29)17(27)25-14(4-3-9-23-18(21)28)16(26)24-13-7-5-12(10-20)6-8-13/h5-8,11,14-15H,3-4,9-10H2,1-2H3,(H2,22,29)(H,24,26)(H,25,27)(H3,21,23,28). The van der Waals surface area contributed by atoms with Crippen LogP contribution in [0.4, 0.5) is 15.3 Å². The Bertz CT molecular complexity index is 741. The third-order valence-corrected chi connectivity index (χ3v) is 4.39. The van der Waals surface area contributed by atoms with Crippen LogP contribution in [0.3, 0.4) is 0 Å². The SMILES string of the molecule is CC(C)C(OC(N)=O)C(=O)NC(CCCNC(N)=O)C(=O)Nc1ccc(CCl)cc1. The molecule has 0 aliphatic rings. The van der Waals surface area contributed by atoms with E-state index >= 15 is 0 Å². The van der Waals surface area contributed by atoms with Crippen LogP contribution in [0, 0.1) is 5.92 Å². The highest BCUT2D eigenvalue weighted by Gasteiger charge is 2.29. The minimum atomic E-state index is -1.15. The summed E-state index contributed by atoms with van der Waals surface area (Å²) in [6.07, 6.45) is -1.66. The first-order valence-corrected chi connectivity index (χ1v) is 9.93. The van der Waals surface area contributed by atoms with Gasteiger partial charge in [-0.1, -0.05) is 26.0 Å². The Balaban J connectivity index is 2.87. The van der Waals surface area contributed by atoms with Crippen molar-refractivity contribution in [1.82, 2.24) is 10.6 Å². The van der Waals surface area contributed by atoms with Crippen molar-refractivity contribution in [3.63, 3.8) is 0 Å². The molecule has 0 radical (unpaired) electrons. The maximum atomic E-state index is 12.7. The van der Waals surface area contributed by atoms with E-state index in [9.17, 15) is 19.2 Å². The molecule has 0 heterocycles. The number of rotatable bonds is 11. The van der Waals surface area contributed by atoms with Gasteiger partial charge in [-0.25, -0.2) is 9.59 Å². The number of amides is 5. The lowest BCUT2D eigenvalue weighted by atomic mass is 10.0. The molecule has 1 aromatic carbocycles. The summed E-state index contributed by atoms with van der Waals surface area (Å²) in [4.78, 5) is 47.2. The highest BCUT2D eigenvalue weighted by Crippen LogP contribution is 2.13. The fraction of sp³-hybridized carbons (Fsp3) is 0.474. The molecule has 30 heavy (non-hydrogen) atoms. The van der Waals surface area contributed by atoms with Gasteiger partial charge in [0.15, 0.2) is 6.10 Å². The minimum Gasteiger partial charge on any atom is -0.436 e. The van der Waals surface area contributed by atoms with Gasteiger partial charge in [-0.3, -0.25) is 9.59 Å². The molecule has 0 aliphatic heterocycles. The summed E-state index contributed by atoms with van der Waals surface area (Å²) in [5, 5.41) is 7.72. The number of hydrogen-bond donors (Lipinski definition) is 5. The molecule has 2 unspecified atom stereocenters. The predicted octanol–water partition coefficient (Wildman–Crippen LogP) is 1.42. The van der Waals surface area contributed by atoms with Gasteiger partial charge >= 0.3 is 12.1 Å². The van der Waals surface area contributed by atoms with E-state index in [4.69, 9.17) is 27.8 Å². The number of hydrogen-bond acceptors (Lipinski definition) is 5. The number of urea groups is 1. The summed E-state index contributed by atoms with van der Waals surface area (Å²) in [6.45, 7) is 3.58. The lowest BCUT2D eigenvalue weighted by molar-refractivity contribution is -0.134. The van der Waals surface area contributed by atoms with Crippen LogP contribution in [0.25, 0.3) is 0 Å². The molecule has 5 amide bonds. The zero-order chi connectivity index (χ0) is 22.7. The first kappa shape index (κ1) is 25.0. The smallest absolute Gasteiger partial charge is 0.405 e. The average molecular weight is 442 g/mol. The molecule has 0 spiro atoms. The van der Waals surface area contributed by atoms with Crippen molar-refractivity contribution in [2.75, 3.05) is 11.9 Å². The Kier molecular flexibility index (Phi) is 10.5. The first-order valence-electron chi connectivity index (χ1n) is 9.39. The zero-order valence-electron chi connectivity index (χ0n) is 16.9. The molecule has 7 N–H and O–H groups in total. The van der Waals surface area contributed by atoms with Crippen LogP contribution in [0.1, 0.15) is 32.3 Å². The van der Waals surface area contributed by atoms with Crippen LogP contribution < -0.4 is 27.4 Å². The third kappa shape index (κ3) is 8.99. The topological polar surface area (TPSA) is 166 Å². The number of anilines is 1. The maximum Gasteiger partial charge on any atom is 0.405 e. The van der Waals surface area contributed by atoms with Crippen molar-refractivity contribution in [2.24, 2.45) is 17.4 Å². The number of halogens is 1. The quantitative estimate of drug-likeness (QED) is 0.258. The number of nitrogens with one attached hydrogen (secondary N) is 3. The second kappa shape index (κ2) is 12.5. The van der Waals surface area contributed by atoms with Crippen molar-refractivity contribution in [3.05, 3.63) is 29.8 Å². The van der Waals surface area contributed by atoms with Crippen LogP contribution in [-0.4, -0.2) is 42.6 Å². The van der Waals surface area contributed by atoms with Crippen molar-refractivity contribution in [2.45, 2.75) is 44.7 Å². The largest absolute Gasteiger partial charge is 0.436 e. The first-order chi connectivity index (χ1) is 14.1. The number of benzene rings is 1. The summed E-state index contributed by atoms with van der Waals surface area (Å²) in [6, 6.07) is 5.28. The summed E-state index contributed by atoms with van der Waals surface area (Å²) >= 11 is 5.76. The average Bonchev–Trinajstić information content (AvgIpc) is 2.68. The molecular weight excluding hydrogens is 414 g/mol. The summed E-state index contributed by atoms with van der Waals surface area (Å²) in [7, 11) is 0.